The van der Waals surface area contributed by atoms with Crippen molar-refractivity contribution in [1.29, 1.82) is 0 Å². The Kier molecular flexibility index (Phi) is 7.53. The van der Waals surface area contributed by atoms with E-state index in [1.807, 2.05) is 91.9 Å². The zero-order chi connectivity index (χ0) is 37.3. The Balaban J connectivity index is 1.18. The van der Waals surface area contributed by atoms with Crippen molar-refractivity contribution in [3.05, 3.63) is 193 Å². The lowest BCUT2D eigenvalue weighted by Crippen LogP contribution is -2.09. The van der Waals surface area contributed by atoms with Crippen LogP contribution in [0.1, 0.15) is 11.1 Å². The molecule has 5 heteroatoms. The van der Waals surface area contributed by atoms with Crippen LogP contribution in [0.15, 0.2) is 182 Å². The van der Waals surface area contributed by atoms with Crippen LogP contribution in [0.4, 0.5) is 13.2 Å². The fourth-order valence-electron chi connectivity index (χ4n) is 8.30. The van der Waals surface area contributed by atoms with Crippen molar-refractivity contribution in [1.82, 2.24) is 9.13 Å². The van der Waals surface area contributed by atoms with E-state index < -0.39 is 11.7 Å². The number of hydrogen-bond acceptors (Lipinski definition) is 0. The van der Waals surface area contributed by atoms with E-state index in [1.165, 1.54) is 6.07 Å². The molecule has 0 saturated carbocycles. The largest absolute Gasteiger partial charge is 0.417 e. The van der Waals surface area contributed by atoms with Gasteiger partial charge in [0.1, 0.15) is 0 Å². The van der Waals surface area contributed by atoms with Crippen LogP contribution < -0.4 is 0 Å². The summed E-state index contributed by atoms with van der Waals surface area (Å²) in [6.07, 6.45) is -4.57. The molecule has 0 aliphatic rings. The Bertz CT molecular complexity index is 3080. The number of alkyl halides is 3. The van der Waals surface area contributed by atoms with E-state index in [0.29, 0.717) is 11.3 Å². The second kappa shape index (κ2) is 12.6. The second-order valence-corrected chi connectivity index (χ2v) is 14.1. The summed E-state index contributed by atoms with van der Waals surface area (Å²) in [5, 5.41) is 4.24. The molecule has 0 aliphatic heterocycles. The van der Waals surface area contributed by atoms with Gasteiger partial charge in [0.25, 0.3) is 0 Å². The summed E-state index contributed by atoms with van der Waals surface area (Å²) in [6, 6.07) is 60.0. The summed E-state index contributed by atoms with van der Waals surface area (Å²) in [4.78, 5) is 0. The number of aromatic nitrogens is 2. The van der Waals surface area contributed by atoms with Crippen molar-refractivity contribution in [3.8, 4) is 44.8 Å². The normalized spacial score (nSPS) is 12.0. The zero-order valence-electron chi connectivity index (χ0n) is 29.8. The van der Waals surface area contributed by atoms with Gasteiger partial charge >= 0.3 is 6.18 Å². The minimum atomic E-state index is -4.57. The highest BCUT2D eigenvalue weighted by molar-refractivity contribution is 6.11. The number of hydrogen-bond donors (Lipinski definition) is 0. The van der Waals surface area contributed by atoms with Crippen molar-refractivity contribution in [2.45, 2.75) is 13.1 Å². The monoisotopic (exact) mass is 718 g/mol. The third-order valence-corrected chi connectivity index (χ3v) is 10.9. The molecule has 0 bridgehead atoms. The summed E-state index contributed by atoms with van der Waals surface area (Å²) in [5.74, 6) is 0. The molecule has 10 aromatic rings. The number of rotatable bonds is 5. The van der Waals surface area contributed by atoms with Crippen LogP contribution in [0.5, 0.6) is 0 Å². The van der Waals surface area contributed by atoms with Gasteiger partial charge in [-0.05, 0) is 113 Å². The maximum absolute atomic E-state index is 15.0. The molecule has 55 heavy (non-hydrogen) atoms. The molecular weight excluding hydrogens is 686 g/mol. The summed E-state index contributed by atoms with van der Waals surface area (Å²) in [6.45, 7) is 1.88. The Labute approximate surface area is 316 Å². The first-order valence-electron chi connectivity index (χ1n) is 18.3. The van der Waals surface area contributed by atoms with E-state index >= 15 is 13.2 Å². The van der Waals surface area contributed by atoms with Crippen LogP contribution in [0.25, 0.3) is 88.4 Å². The Morgan fingerprint density at radius 1 is 0.364 bits per heavy atom. The molecule has 264 valence electrons. The number of benzene rings is 8. The number of fused-ring (bicyclic) bond motifs is 6. The molecule has 0 unspecified atom stereocenters. The van der Waals surface area contributed by atoms with Crippen molar-refractivity contribution >= 4 is 43.6 Å². The number of nitrogens with zero attached hydrogens (tertiary/aromatic N) is 2. The highest BCUT2D eigenvalue weighted by Crippen LogP contribution is 2.43. The average Bonchev–Trinajstić information content (AvgIpc) is 3.73. The van der Waals surface area contributed by atoms with Gasteiger partial charge in [-0.2, -0.15) is 13.2 Å². The molecule has 2 aromatic heterocycles. The van der Waals surface area contributed by atoms with Gasteiger partial charge in [0.2, 0.25) is 0 Å². The van der Waals surface area contributed by atoms with E-state index in [9.17, 15) is 0 Å². The highest BCUT2D eigenvalue weighted by Gasteiger charge is 2.34. The molecule has 0 atom stereocenters. The topological polar surface area (TPSA) is 9.86 Å². The van der Waals surface area contributed by atoms with Gasteiger partial charge in [0, 0.05) is 32.9 Å². The van der Waals surface area contributed by atoms with Crippen LogP contribution in [-0.2, 0) is 6.18 Å². The smallest absolute Gasteiger partial charge is 0.309 e. The SMILES string of the molecule is Cc1ccc(-n2c3ccccc3c3cc(-c4ccccc4)ccc32)cc1-c1cc(-n2c3ccccc3c3cc(-c4ccccc4)ccc32)ccc1C(F)(F)F. The second-order valence-electron chi connectivity index (χ2n) is 14.1. The highest BCUT2D eigenvalue weighted by atomic mass is 19.4. The molecule has 0 saturated heterocycles. The number of aryl methyl sites for hydroxylation is 1. The van der Waals surface area contributed by atoms with Gasteiger partial charge in [-0.25, -0.2) is 0 Å². The van der Waals surface area contributed by atoms with Gasteiger partial charge in [0.05, 0.1) is 27.6 Å². The third-order valence-electron chi connectivity index (χ3n) is 10.9. The van der Waals surface area contributed by atoms with Crippen LogP contribution in [0.2, 0.25) is 0 Å². The quantitative estimate of drug-likeness (QED) is 0.168. The summed E-state index contributed by atoms with van der Waals surface area (Å²) in [5.41, 5.74) is 10.5. The molecular formula is C50H33F3N2. The van der Waals surface area contributed by atoms with Crippen molar-refractivity contribution < 1.29 is 13.2 Å². The van der Waals surface area contributed by atoms with E-state index in [1.54, 1.807) is 12.1 Å². The van der Waals surface area contributed by atoms with Crippen molar-refractivity contribution in [3.63, 3.8) is 0 Å². The fourth-order valence-corrected chi connectivity index (χ4v) is 8.30. The van der Waals surface area contributed by atoms with Gasteiger partial charge in [-0.1, -0.05) is 115 Å². The predicted octanol–water partition coefficient (Wildman–Crippen LogP) is 14.2. The van der Waals surface area contributed by atoms with Gasteiger partial charge in [-0.3, -0.25) is 0 Å². The molecule has 2 nitrogen and oxygen atoms in total. The maximum atomic E-state index is 15.0. The Morgan fingerprint density at radius 2 is 0.800 bits per heavy atom. The first-order valence-corrected chi connectivity index (χ1v) is 18.3. The van der Waals surface area contributed by atoms with Gasteiger partial charge < -0.3 is 9.13 Å². The minimum Gasteiger partial charge on any atom is -0.309 e. The molecule has 10 rings (SSSR count). The average molecular weight is 719 g/mol. The van der Waals surface area contributed by atoms with E-state index in [-0.39, 0.29) is 5.56 Å². The third kappa shape index (κ3) is 5.42. The molecule has 0 aliphatic carbocycles. The summed E-state index contributed by atoms with van der Waals surface area (Å²) in [7, 11) is 0. The van der Waals surface area contributed by atoms with Crippen LogP contribution >= 0.6 is 0 Å². The summed E-state index contributed by atoms with van der Waals surface area (Å²) < 4.78 is 49.3. The minimum absolute atomic E-state index is 0.142. The van der Waals surface area contributed by atoms with Crippen molar-refractivity contribution in [2.75, 3.05) is 0 Å². The molecule has 0 N–H and O–H groups in total. The zero-order valence-corrected chi connectivity index (χ0v) is 29.8. The Hall–Kier alpha value is -6.85. The van der Waals surface area contributed by atoms with E-state index in [2.05, 4.69) is 88.0 Å². The standard InChI is InChI=1S/C50H33F3N2/c1-32-20-23-37(54-46-18-10-8-16-39(46)43-28-35(21-26-48(43)54)33-12-4-2-5-13-33)30-41(32)42-31-38(24-25-45(42)50(51,52)53)55-47-19-11-9-17-40(47)44-29-36(22-27-49(44)55)34-14-6-3-7-15-34/h2-31H,1H3. The molecule has 0 radical (unpaired) electrons. The molecule has 0 spiro atoms. The predicted molar refractivity (Wildman–Crippen MR) is 221 cm³/mol. The van der Waals surface area contributed by atoms with Gasteiger partial charge in [0.15, 0.2) is 0 Å². The fraction of sp³-hybridized carbons (Fsp3) is 0.0400. The van der Waals surface area contributed by atoms with Crippen LogP contribution in [0, 0.1) is 6.92 Å². The first kappa shape index (κ1) is 32.8. The van der Waals surface area contributed by atoms with Crippen molar-refractivity contribution in [2.24, 2.45) is 0 Å². The van der Waals surface area contributed by atoms with Gasteiger partial charge in [-0.15, -0.1) is 0 Å². The van der Waals surface area contributed by atoms with Crippen LogP contribution in [-0.4, -0.2) is 9.13 Å². The van der Waals surface area contributed by atoms with Crippen LogP contribution in [0.3, 0.4) is 0 Å². The molecule has 0 fully saturated rings. The van der Waals surface area contributed by atoms with E-state index in [0.717, 1.165) is 77.1 Å². The lowest BCUT2D eigenvalue weighted by Gasteiger charge is -2.19. The number of halogens is 3. The Morgan fingerprint density at radius 3 is 1.31 bits per heavy atom. The lowest BCUT2D eigenvalue weighted by molar-refractivity contribution is -0.137. The lowest BCUT2D eigenvalue weighted by atomic mass is 9.94. The summed E-state index contributed by atoms with van der Waals surface area (Å²) >= 11 is 0. The maximum Gasteiger partial charge on any atom is 0.417 e. The first-order chi connectivity index (χ1) is 26.8. The molecule has 0 amide bonds. The number of para-hydroxylation sites is 2. The molecule has 8 aromatic carbocycles. The molecule has 2 heterocycles. The van der Waals surface area contributed by atoms with E-state index in [4.69, 9.17) is 0 Å².